The number of aryl methyl sites for hydroxylation is 1. The summed E-state index contributed by atoms with van der Waals surface area (Å²) in [7, 11) is 1.58. The van der Waals surface area contributed by atoms with E-state index < -0.39 is 5.91 Å². The molecular formula is C17H17N3O3S. The first-order valence-corrected chi connectivity index (χ1v) is 8.25. The van der Waals surface area contributed by atoms with E-state index in [1.165, 1.54) is 21.9 Å². The number of nitrogens with one attached hydrogen (secondary N) is 1. The van der Waals surface area contributed by atoms with Gasteiger partial charge in [-0.15, -0.1) is 11.3 Å². The second-order valence-electron chi connectivity index (χ2n) is 5.32. The van der Waals surface area contributed by atoms with Gasteiger partial charge < -0.3 is 10.1 Å². The lowest BCUT2D eigenvalue weighted by molar-refractivity contribution is 0.0826. The lowest BCUT2D eigenvalue weighted by Gasteiger charge is -2.16. The predicted octanol–water partition coefficient (Wildman–Crippen LogP) is 2.18. The number of carbonyl (C=O) groups excluding carboxylic acids is 1. The molecule has 2 heterocycles. The Morgan fingerprint density at radius 2 is 2.12 bits per heavy atom. The Bertz CT molecular complexity index is 918. The maximum Gasteiger partial charge on any atom is 0.271 e. The number of rotatable bonds is 5. The molecule has 0 saturated carbocycles. The van der Waals surface area contributed by atoms with Gasteiger partial charge in [0.25, 0.3) is 11.5 Å². The van der Waals surface area contributed by atoms with Gasteiger partial charge in [-0.3, -0.25) is 14.0 Å². The molecule has 7 heteroatoms. The molecule has 2 aromatic heterocycles. The van der Waals surface area contributed by atoms with Crippen LogP contribution >= 0.6 is 11.3 Å². The third-order valence-corrected chi connectivity index (χ3v) is 4.58. The number of carbonyl (C=O) groups is 1. The number of hydrogen-bond acceptors (Lipinski definition) is 5. The normalized spacial score (nSPS) is 12.2. The van der Waals surface area contributed by atoms with Crippen molar-refractivity contribution in [2.45, 2.75) is 13.0 Å². The van der Waals surface area contributed by atoms with E-state index in [4.69, 9.17) is 4.74 Å². The van der Waals surface area contributed by atoms with Crippen LogP contribution in [0.15, 0.2) is 47.5 Å². The number of aromatic nitrogens is 2. The first kappa shape index (κ1) is 16.4. The first-order valence-electron chi connectivity index (χ1n) is 7.44. The van der Waals surface area contributed by atoms with Crippen LogP contribution in [0.4, 0.5) is 0 Å². The number of benzene rings is 1. The zero-order valence-corrected chi connectivity index (χ0v) is 14.2. The lowest BCUT2D eigenvalue weighted by atomic mass is 10.1. The van der Waals surface area contributed by atoms with Crippen molar-refractivity contribution in [3.63, 3.8) is 0 Å². The minimum absolute atomic E-state index is 0.0215. The van der Waals surface area contributed by atoms with E-state index in [-0.39, 0.29) is 23.8 Å². The molecule has 0 saturated heterocycles. The fourth-order valence-corrected chi connectivity index (χ4v) is 3.22. The van der Waals surface area contributed by atoms with E-state index in [1.54, 1.807) is 13.3 Å². The van der Waals surface area contributed by atoms with E-state index in [0.29, 0.717) is 4.96 Å². The monoisotopic (exact) mass is 343 g/mol. The minimum atomic E-state index is -0.455. The van der Waals surface area contributed by atoms with Gasteiger partial charge in [0.15, 0.2) is 4.96 Å². The molecule has 0 radical (unpaired) electrons. The van der Waals surface area contributed by atoms with Crippen LogP contribution in [0, 0.1) is 6.92 Å². The molecule has 0 aliphatic heterocycles. The third kappa shape index (κ3) is 3.22. The van der Waals surface area contributed by atoms with Crippen LogP contribution in [0.3, 0.4) is 0 Å². The van der Waals surface area contributed by atoms with Crippen LogP contribution in [0.2, 0.25) is 0 Å². The van der Waals surface area contributed by atoms with Crippen molar-refractivity contribution >= 4 is 22.2 Å². The lowest BCUT2D eigenvalue weighted by Crippen LogP contribution is -2.34. The summed E-state index contributed by atoms with van der Waals surface area (Å²) < 4.78 is 6.82. The molecule has 3 rings (SSSR count). The predicted molar refractivity (Wildman–Crippen MR) is 92.6 cm³/mol. The highest BCUT2D eigenvalue weighted by Crippen LogP contribution is 2.15. The summed E-state index contributed by atoms with van der Waals surface area (Å²) in [6.07, 6.45) is 2.74. The zero-order valence-electron chi connectivity index (χ0n) is 13.4. The van der Waals surface area contributed by atoms with Crippen molar-refractivity contribution in [3.8, 4) is 0 Å². The van der Waals surface area contributed by atoms with Crippen LogP contribution in [-0.2, 0) is 4.74 Å². The molecule has 6 nitrogen and oxygen atoms in total. The molecule has 1 aromatic carbocycles. The van der Waals surface area contributed by atoms with Crippen LogP contribution in [-0.4, -0.2) is 28.9 Å². The second kappa shape index (κ2) is 6.94. The van der Waals surface area contributed by atoms with Gasteiger partial charge in [0.05, 0.1) is 6.10 Å². The molecule has 0 spiro atoms. The highest BCUT2D eigenvalue weighted by atomic mass is 32.1. The number of hydrogen-bond donors (Lipinski definition) is 1. The standard InChI is InChI=1S/C17H17N3O3S/c1-11-10-20-16(22)13(8-19-17(20)24-11)15(21)18-9-14(23-2)12-6-4-3-5-7-12/h3-8,10,14H,9H2,1-2H3,(H,18,21)/t14-/m0/s1. The van der Waals surface area contributed by atoms with Gasteiger partial charge in [0.1, 0.15) is 5.56 Å². The Labute approximate surface area is 142 Å². The Morgan fingerprint density at radius 3 is 2.83 bits per heavy atom. The fourth-order valence-electron chi connectivity index (χ4n) is 2.44. The molecule has 1 N–H and O–H groups in total. The smallest absolute Gasteiger partial charge is 0.271 e. The number of ether oxygens (including phenoxy) is 1. The second-order valence-corrected chi connectivity index (χ2v) is 6.53. The van der Waals surface area contributed by atoms with Gasteiger partial charge in [-0.2, -0.15) is 0 Å². The van der Waals surface area contributed by atoms with Gasteiger partial charge in [0.2, 0.25) is 0 Å². The maximum atomic E-state index is 12.4. The molecular weight excluding hydrogens is 326 g/mol. The van der Waals surface area contributed by atoms with Crippen LogP contribution < -0.4 is 10.9 Å². The van der Waals surface area contributed by atoms with E-state index in [1.807, 2.05) is 37.3 Å². The summed E-state index contributed by atoms with van der Waals surface area (Å²) in [6.45, 7) is 2.16. The maximum absolute atomic E-state index is 12.4. The molecule has 0 aliphatic carbocycles. The van der Waals surface area contributed by atoms with Crippen LogP contribution in [0.25, 0.3) is 4.96 Å². The zero-order chi connectivity index (χ0) is 17.1. The van der Waals surface area contributed by atoms with E-state index in [0.717, 1.165) is 10.4 Å². The van der Waals surface area contributed by atoms with Crippen LogP contribution in [0.1, 0.15) is 26.9 Å². The number of amides is 1. The minimum Gasteiger partial charge on any atom is -0.375 e. The summed E-state index contributed by atoms with van der Waals surface area (Å²) in [4.78, 5) is 30.5. The van der Waals surface area contributed by atoms with Gasteiger partial charge in [-0.25, -0.2) is 4.98 Å². The quantitative estimate of drug-likeness (QED) is 0.771. The number of methoxy groups -OCH3 is 1. The number of nitrogens with zero attached hydrogens (tertiary/aromatic N) is 2. The number of thiazole rings is 1. The average molecular weight is 343 g/mol. The Morgan fingerprint density at radius 1 is 1.38 bits per heavy atom. The fraction of sp³-hybridized carbons (Fsp3) is 0.235. The molecule has 0 fully saturated rings. The Hall–Kier alpha value is -2.51. The molecule has 124 valence electrons. The van der Waals surface area contributed by atoms with Crippen molar-refractivity contribution in [1.82, 2.24) is 14.7 Å². The van der Waals surface area contributed by atoms with Crippen molar-refractivity contribution in [2.24, 2.45) is 0 Å². The van der Waals surface area contributed by atoms with Crippen molar-refractivity contribution < 1.29 is 9.53 Å². The summed E-state index contributed by atoms with van der Waals surface area (Å²) >= 11 is 1.41. The Kier molecular flexibility index (Phi) is 4.73. The molecule has 0 bridgehead atoms. The largest absolute Gasteiger partial charge is 0.375 e. The molecule has 0 aliphatic rings. The van der Waals surface area contributed by atoms with Gasteiger partial charge >= 0.3 is 0 Å². The highest BCUT2D eigenvalue weighted by molar-refractivity contribution is 7.16. The number of fused-ring (bicyclic) bond motifs is 1. The summed E-state index contributed by atoms with van der Waals surface area (Å²) in [5.74, 6) is -0.455. The SMILES string of the molecule is CO[C@@H](CNC(=O)c1cnc2sc(C)cn2c1=O)c1ccccc1. The van der Waals surface area contributed by atoms with E-state index in [9.17, 15) is 9.59 Å². The van der Waals surface area contributed by atoms with Gasteiger partial charge in [-0.05, 0) is 12.5 Å². The van der Waals surface area contributed by atoms with Crippen molar-refractivity contribution in [2.75, 3.05) is 13.7 Å². The molecule has 3 aromatic rings. The van der Waals surface area contributed by atoms with Crippen molar-refractivity contribution in [1.29, 1.82) is 0 Å². The molecule has 0 unspecified atom stereocenters. The summed E-state index contributed by atoms with van der Waals surface area (Å²) in [5, 5.41) is 2.75. The molecule has 1 amide bonds. The third-order valence-electron chi connectivity index (χ3n) is 3.67. The van der Waals surface area contributed by atoms with Crippen molar-refractivity contribution in [3.05, 3.63) is 69.1 Å². The summed E-state index contributed by atoms with van der Waals surface area (Å²) in [6, 6.07) is 9.59. The molecule has 1 atom stereocenters. The van der Waals surface area contributed by atoms with Gasteiger partial charge in [-0.1, -0.05) is 30.3 Å². The molecule has 24 heavy (non-hydrogen) atoms. The van der Waals surface area contributed by atoms with Gasteiger partial charge in [0, 0.05) is 30.9 Å². The van der Waals surface area contributed by atoms with E-state index >= 15 is 0 Å². The first-order chi connectivity index (χ1) is 11.6. The average Bonchev–Trinajstić information content (AvgIpc) is 2.98. The van der Waals surface area contributed by atoms with E-state index in [2.05, 4.69) is 10.3 Å². The highest BCUT2D eigenvalue weighted by Gasteiger charge is 2.17. The summed E-state index contributed by atoms with van der Waals surface area (Å²) in [5.41, 5.74) is 0.614. The topological polar surface area (TPSA) is 72.7 Å². The van der Waals surface area contributed by atoms with Crippen LogP contribution in [0.5, 0.6) is 0 Å². The Balaban J connectivity index is 1.77.